The number of unbranched alkanes of at least 4 members (excludes halogenated alkanes) is 8. The van der Waals surface area contributed by atoms with Crippen LogP contribution >= 0.6 is 0 Å². The number of esters is 1. The fourth-order valence-electron chi connectivity index (χ4n) is 6.34. The molecule has 0 spiro atoms. The zero-order chi connectivity index (χ0) is 26.0. The number of methoxy groups -OCH3 is 1. The summed E-state index contributed by atoms with van der Waals surface area (Å²) in [5, 5.41) is 1.01. The van der Waals surface area contributed by atoms with Crippen molar-refractivity contribution in [3.63, 3.8) is 0 Å². The van der Waals surface area contributed by atoms with Crippen LogP contribution in [0, 0.1) is 11.8 Å². The number of hydrogen-bond acceptors (Lipinski definition) is 5. The number of carbonyl (C=O) groups is 1. The van der Waals surface area contributed by atoms with Gasteiger partial charge in [0.05, 0.1) is 18.7 Å². The van der Waals surface area contributed by atoms with Gasteiger partial charge in [-0.15, -0.1) is 6.58 Å². The third-order valence-corrected chi connectivity index (χ3v) is 8.54. The van der Waals surface area contributed by atoms with Gasteiger partial charge in [-0.1, -0.05) is 64.4 Å². The van der Waals surface area contributed by atoms with Gasteiger partial charge in [0.2, 0.25) is 0 Å². The minimum Gasteiger partial charge on any atom is -0.497 e. The number of hydrogen-bond donors (Lipinski definition) is 0. The first kappa shape index (κ1) is 27.6. The Kier molecular flexibility index (Phi) is 10.4. The highest BCUT2D eigenvalue weighted by Gasteiger charge is 2.44. The lowest BCUT2D eigenvalue weighted by Gasteiger charge is -2.51. The lowest BCUT2D eigenvalue weighted by Crippen LogP contribution is -2.55. The number of piperidine rings is 3. The van der Waals surface area contributed by atoms with Gasteiger partial charge in [0.25, 0.3) is 0 Å². The Hall–Kier alpha value is -2.40. The van der Waals surface area contributed by atoms with Crippen LogP contribution in [0.2, 0.25) is 0 Å². The predicted molar refractivity (Wildman–Crippen MR) is 151 cm³/mol. The minimum absolute atomic E-state index is 0.0799. The van der Waals surface area contributed by atoms with Crippen LogP contribution in [0.4, 0.5) is 0 Å². The molecule has 1 aromatic carbocycles. The number of fused-ring (bicyclic) bond motifs is 4. The van der Waals surface area contributed by atoms with Gasteiger partial charge in [-0.3, -0.25) is 14.7 Å². The maximum absolute atomic E-state index is 13.2. The summed E-state index contributed by atoms with van der Waals surface area (Å²) in [6, 6.07) is 8.16. The Bertz CT molecular complexity index is 1020. The molecule has 3 aliphatic heterocycles. The molecule has 5 atom stereocenters. The lowest BCUT2D eigenvalue weighted by molar-refractivity contribution is -0.157. The summed E-state index contributed by atoms with van der Waals surface area (Å²) in [6.07, 6.45) is 17.5. The number of carbonyl (C=O) groups excluding carboxylic acids is 1. The molecule has 1 aromatic heterocycles. The normalized spacial score (nSPS) is 23.6. The second-order valence-corrected chi connectivity index (χ2v) is 11.0. The SMILES string of the molecule is C=C[C@H]1CN2CC[C@H]1C[C@H]2[C@H](OC(=O)CCCCCCCCCCC)c1ccnc2ccc(OC)cc12. The average Bonchev–Trinajstić information content (AvgIpc) is 2.94. The fourth-order valence-corrected chi connectivity index (χ4v) is 6.34. The smallest absolute Gasteiger partial charge is 0.306 e. The van der Waals surface area contributed by atoms with E-state index in [1.807, 2.05) is 30.5 Å². The fraction of sp³-hybridized carbons (Fsp3) is 0.625. The number of aromatic nitrogens is 1. The number of ether oxygens (including phenoxy) is 2. The number of nitrogens with zero attached hydrogens (tertiary/aromatic N) is 2. The summed E-state index contributed by atoms with van der Waals surface area (Å²) >= 11 is 0. The molecule has 2 bridgehead atoms. The van der Waals surface area contributed by atoms with Crippen molar-refractivity contribution in [2.24, 2.45) is 11.8 Å². The van der Waals surface area contributed by atoms with E-state index in [2.05, 4.69) is 29.5 Å². The molecule has 202 valence electrons. The number of rotatable bonds is 15. The van der Waals surface area contributed by atoms with Crippen LogP contribution < -0.4 is 4.74 Å². The van der Waals surface area contributed by atoms with Gasteiger partial charge in [0, 0.05) is 30.1 Å². The Morgan fingerprint density at radius 2 is 1.89 bits per heavy atom. The van der Waals surface area contributed by atoms with Gasteiger partial charge in [0.1, 0.15) is 11.9 Å². The second-order valence-electron chi connectivity index (χ2n) is 11.0. The van der Waals surface area contributed by atoms with Crippen LogP contribution in [0.1, 0.15) is 95.6 Å². The first-order chi connectivity index (χ1) is 18.1. The molecule has 5 heteroatoms. The van der Waals surface area contributed by atoms with Crippen molar-refractivity contribution in [2.45, 2.75) is 96.1 Å². The predicted octanol–water partition coefficient (Wildman–Crippen LogP) is 7.65. The Balaban J connectivity index is 1.44. The van der Waals surface area contributed by atoms with Crippen molar-refractivity contribution in [3.05, 3.63) is 48.7 Å². The van der Waals surface area contributed by atoms with E-state index in [1.54, 1.807) is 7.11 Å². The standard InChI is InChI=1S/C32H46N2O3/c1-4-6-7-8-9-10-11-12-13-14-31(35)37-32(30-21-25-18-20-34(30)23-24(25)5-2)27-17-19-33-29-16-15-26(36-3)22-28(27)29/h5,15-17,19,22,24-25,30,32H,2,4,6-14,18,20-21,23H2,1,3H3/t24-,25-,30-,32+/m0/s1. The van der Waals surface area contributed by atoms with Crippen LogP contribution in [0.15, 0.2) is 43.1 Å². The summed E-state index contributed by atoms with van der Waals surface area (Å²) in [7, 11) is 1.68. The molecule has 5 rings (SSSR count). The van der Waals surface area contributed by atoms with E-state index in [0.717, 1.165) is 54.6 Å². The molecule has 0 radical (unpaired) electrons. The van der Waals surface area contributed by atoms with Crippen LogP contribution in [-0.4, -0.2) is 42.1 Å². The van der Waals surface area contributed by atoms with Crippen LogP contribution in [0.25, 0.3) is 10.9 Å². The third kappa shape index (κ3) is 7.13. The van der Waals surface area contributed by atoms with Crippen molar-refractivity contribution in [2.75, 3.05) is 20.2 Å². The third-order valence-electron chi connectivity index (χ3n) is 8.54. The maximum Gasteiger partial charge on any atom is 0.306 e. The molecule has 3 fully saturated rings. The zero-order valence-electron chi connectivity index (χ0n) is 23.0. The van der Waals surface area contributed by atoms with Crippen molar-refractivity contribution in [1.82, 2.24) is 9.88 Å². The highest BCUT2D eigenvalue weighted by atomic mass is 16.5. The van der Waals surface area contributed by atoms with E-state index in [-0.39, 0.29) is 18.1 Å². The van der Waals surface area contributed by atoms with E-state index in [9.17, 15) is 4.79 Å². The summed E-state index contributed by atoms with van der Waals surface area (Å²) in [4.78, 5) is 20.3. The van der Waals surface area contributed by atoms with E-state index in [4.69, 9.17) is 9.47 Å². The quantitative estimate of drug-likeness (QED) is 0.141. The highest BCUT2D eigenvalue weighted by Crippen LogP contribution is 2.43. The molecule has 4 heterocycles. The van der Waals surface area contributed by atoms with Gasteiger partial charge in [-0.25, -0.2) is 0 Å². The first-order valence-corrected chi connectivity index (χ1v) is 14.6. The van der Waals surface area contributed by atoms with E-state index in [0.29, 0.717) is 18.3 Å². The maximum atomic E-state index is 13.2. The van der Waals surface area contributed by atoms with Gasteiger partial charge < -0.3 is 9.47 Å². The van der Waals surface area contributed by atoms with Crippen LogP contribution in [0.5, 0.6) is 5.75 Å². The Morgan fingerprint density at radius 3 is 2.57 bits per heavy atom. The van der Waals surface area contributed by atoms with Crippen LogP contribution in [0.3, 0.4) is 0 Å². The molecule has 2 aromatic rings. The summed E-state index contributed by atoms with van der Waals surface area (Å²) in [5.41, 5.74) is 1.94. The molecule has 0 aliphatic carbocycles. The number of benzene rings is 1. The van der Waals surface area contributed by atoms with Gasteiger partial charge in [0.15, 0.2) is 0 Å². The highest BCUT2D eigenvalue weighted by molar-refractivity contribution is 5.84. The molecule has 3 saturated heterocycles. The van der Waals surface area contributed by atoms with Crippen LogP contribution in [-0.2, 0) is 9.53 Å². The van der Waals surface area contributed by atoms with Crippen molar-refractivity contribution in [1.29, 1.82) is 0 Å². The average molecular weight is 507 g/mol. The summed E-state index contributed by atoms with van der Waals surface area (Å²) < 4.78 is 11.9. The largest absolute Gasteiger partial charge is 0.497 e. The molecular weight excluding hydrogens is 460 g/mol. The van der Waals surface area contributed by atoms with Crippen molar-refractivity contribution < 1.29 is 14.3 Å². The Morgan fingerprint density at radius 1 is 1.14 bits per heavy atom. The molecular formula is C32H46N2O3. The molecule has 3 aliphatic rings. The molecule has 1 unspecified atom stereocenters. The lowest BCUT2D eigenvalue weighted by atomic mass is 9.73. The van der Waals surface area contributed by atoms with E-state index >= 15 is 0 Å². The number of pyridine rings is 1. The first-order valence-electron chi connectivity index (χ1n) is 14.6. The molecule has 37 heavy (non-hydrogen) atoms. The molecule has 0 saturated carbocycles. The Labute approximate surface area is 223 Å². The van der Waals surface area contributed by atoms with Crippen molar-refractivity contribution >= 4 is 16.9 Å². The van der Waals surface area contributed by atoms with Gasteiger partial charge in [-0.05, 0) is 61.9 Å². The summed E-state index contributed by atoms with van der Waals surface area (Å²) in [6.45, 7) is 8.39. The molecule has 0 amide bonds. The minimum atomic E-state index is -0.308. The zero-order valence-corrected chi connectivity index (χ0v) is 23.0. The van der Waals surface area contributed by atoms with E-state index < -0.39 is 0 Å². The second kappa shape index (κ2) is 13.9. The molecule has 5 nitrogen and oxygen atoms in total. The summed E-state index contributed by atoms with van der Waals surface area (Å²) in [5.74, 6) is 1.84. The van der Waals surface area contributed by atoms with Gasteiger partial charge >= 0.3 is 5.97 Å². The molecule has 0 N–H and O–H groups in total. The van der Waals surface area contributed by atoms with Gasteiger partial charge in [-0.2, -0.15) is 0 Å². The van der Waals surface area contributed by atoms with Crippen molar-refractivity contribution in [3.8, 4) is 5.75 Å². The monoisotopic (exact) mass is 506 g/mol. The topological polar surface area (TPSA) is 51.7 Å². The van der Waals surface area contributed by atoms with E-state index in [1.165, 1.54) is 51.4 Å².